The Morgan fingerprint density at radius 1 is 1.31 bits per heavy atom. The number of carbonyl (C=O) groups is 1. The lowest BCUT2D eigenvalue weighted by molar-refractivity contribution is -0.138. The number of pyridine rings is 1. The van der Waals surface area contributed by atoms with Crippen LogP contribution >= 0.6 is 0 Å². The molecule has 4 aromatic rings. The molecule has 2 N–H and O–H groups in total. The van der Waals surface area contributed by atoms with Crippen LogP contribution in [0, 0.1) is 23.0 Å². The fourth-order valence-corrected chi connectivity index (χ4v) is 3.98. The van der Waals surface area contributed by atoms with E-state index >= 15 is 4.39 Å². The number of carboxylic acids is 1. The van der Waals surface area contributed by atoms with Crippen molar-refractivity contribution in [3.05, 3.63) is 53.4 Å². The molecule has 7 nitrogen and oxygen atoms in total. The standard InChI is InChI=1S/C22H18F3N5O2/c1-22(2,5-6-26)20-18(15(25)9-17(31)32)19-16(7-11-10-27-29-21(11)28-19)30(20)12-3-4-13(23)14(24)8-12/h3-4,7-8,10,15H,5,9H2,1-2H3,(H,31,32)(H,27,28,29)/t15-/m1/s1. The lowest BCUT2D eigenvalue weighted by Crippen LogP contribution is -2.23. The average molecular weight is 441 g/mol. The fourth-order valence-electron chi connectivity index (χ4n) is 3.98. The molecule has 0 unspecified atom stereocenters. The summed E-state index contributed by atoms with van der Waals surface area (Å²) in [7, 11) is 0. The van der Waals surface area contributed by atoms with E-state index in [0.29, 0.717) is 16.6 Å². The fraction of sp³-hybridized carbons (Fsp3) is 0.273. The third-order valence-electron chi connectivity index (χ3n) is 5.37. The number of nitriles is 1. The SMILES string of the molecule is CC(C)(CC#N)c1c([C@H](F)CC(=O)O)c2nc3[nH]ncc3cc2n1-c1ccc(F)c(F)c1. The smallest absolute Gasteiger partial charge is 0.306 e. The minimum atomic E-state index is -1.96. The number of H-pyrrole nitrogens is 1. The van der Waals surface area contributed by atoms with Gasteiger partial charge in [0.05, 0.1) is 29.7 Å². The van der Waals surface area contributed by atoms with Gasteiger partial charge in [0.25, 0.3) is 0 Å². The Labute approximate surface area is 180 Å². The van der Waals surface area contributed by atoms with Crippen molar-refractivity contribution >= 4 is 28.0 Å². The highest BCUT2D eigenvalue weighted by Gasteiger charge is 2.36. The van der Waals surface area contributed by atoms with Crippen LogP contribution < -0.4 is 0 Å². The van der Waals surface area contributed by atoms with Gasteiger partial charge in [-0.1, -0.05) is 13.8 Å². The van der Waals surface area contributed by atoms with Gasteiger partial charge in [-0.3, -0.25) is 9.89 Å². The summed E-state index contributed by atoms with van der Waals surface area (Å²) in [5.41, 5.74) is 0.326. The summed E-state index contributed by atoms with van der Waals surface area (Å²) in [6.45, 7) is 3.40. The number of aliphatic carboxylic acids is 1. The van der Waals surface area contributed by atoms with Crippen LogP contribution in [0.1, 0.15) is 44.1 Å². The molecule has 3 aromatic heterocycles. The molecule has 1 aromatic carbocycles. The Balaban J connectivity index is 2.18. The van der Waals surface area contributed by atoms with E-state index in [-0.39, 0.29) is 28.9 Å². The van der Waals surface area contributed by atoms with Gasteiger partial charge in [-0.05, 0) is 18.2 Å². The van der Waals surface area contributed by atoms with Crippen LogP contribution in [0.15, 0.2) is 30.5 Å². The van der Waals surface area contributed by atoms with Gasteiger partial charge in [0, 0.05) is 40.2 Å². The zero-order valence-corrected chi connectivity index (χ0v) is 17.2. The quantitative estimate of drug-likeness (QED) is 0.444. The maximum atomic E-state index is 15.5. The highest BCUT2D eigenvalue weighted by molar-refractivity contribution is 5.94. The normalized spacial score (nSPS) is 12.9. The average Bonchev–Trinajstić information content (AvgIpc) is 3.29. The van der Waals surface area contributed by atoms with Crippen LogP contribution in [-0.2, 0) is 10.2 Å². The number of benzene rings is 1. The number of hydrogen-bond acceptors (Lipinski definition) is 4. The van der Waals surface area contributed by atoms with Crippen molar-refractivity contribution in [1.82, 2.24) is 19.7 Å². The van der Waals surface area contributed by atoms with Crippen molar-refractivity contribution in [2.24, 2.45) is 0 Å². The molecule has 0 bridgehead atoms. The van der Waals surface area contributed by atoms with Gasteiger partial charge in [-0.15, -0.1) is 0 Å². The van der Waals surface area contributed by atoms with Gasteiger partial charge in [-0.2, -0.15) is 10.4 Å². The third kappa shape index (κ3) is 3.45. The Bertz CT molecular complexity index is 1400. The first kappa shape index (κ1) is 21.4. The number of alkyl halides is 1. The molecule has 0 aliphatic heterocycles. The Kier molecular flexibility index (Phi) is 5.12. The number of fused-ring (bicyclic) bond motifs is 2. The molecular formula is C22H18F3N5O2. The maximum absolute atomic E-state index is 15.5. The van der Waals surface area contributed by atoms with E-state index in [2.05, 4.69) is 21.3 Å². The van der Waals surface area contributed by atoms with E-state index < -0.39 is 35.6 Å². The number of hydrogen-bond donors (Lipinski definition) is 2. The molecule has 0 saturated carbocycles. The molecule has 0 saturated heterocycles. The van der Waals surface area contributed by atoms with E-state index in [1.807, 2.05) is 0 Å². The monoisotopic (exact) mass is 441 g/mol. The first-order valence-corrected chi connectivity index (χ1v) is 9.71. The maximum Gasteiger partial charge on any atom is 0.306 e. The number of nitrogens with zero attached hydrogens (tertiary/aromatic N) is 4. The number of halogens is 3. The second-order valence-electron chi connectivity index (χ2n) is 8.14. The molecule has 1 atom stereocenters. The largest absolute Gasteiger partial charge is 0.481 e. The molecule has 32 heavy (non-hydrogen) atoms. The third-order valence-corrected chi connectivity index (χ3v) is 5.37. The van der Waals surface area contributed by atoms with Crippen molar-refractivity contribution in [2.75, 3.05) is 0 Å². The summed E-state index contributed by atoms with van der Waals surface area (Å²) in [6, 6.07) is 6.97. The van der Waals surface area contributed by atoms with Gasteiger partial charge >= 0.3 is 5.97 Å². The molecule has 0 fully saturated rings. The van der Waals surface area contributed by atoms with Gasteiger partial charge in [0.15, 0.2) is 17.3 Å². The Hall–Kier alpha value is -3.87. The van der Waals surface area contributed by atoms with E-state index in [4.69, 9.17) is 0 Å². The number of nitrogens with one attached hydrogen (secondary N) is 1. The Morgan fingerprint density at radius 2 is 2.06 bits per heavy atom. The lowest BCUT2D eigenvalue weighted by Gasteiger charge is -2.27. The highest BCUT2D eigenvalue weighted by Crippen LogP contribution is 2.43. The van der Waals surface area contributed by atoms with Crippen LogP contribution in [0.5, 0.6) is 0 Å². The molecule has 0 amide bonds. The molecule has 4 rings (SSSR count). The molecule has 3 heterocycles. The van der Waals surface area contributed by atoms with E-state index in [0.717, 1.165) is 12.1 Å². The molecule has 0 spiro atoms. The number of aromatic nitrogens is 4. The van der Waals surface area contributed by atoms with E-state index in [9.17, 15) is 23.9 Å². The van der Waals surface area contributed by atoms with Gasteiger partial charge < -0.3 is 9.67 Å². The second kappa shape index (κ2) is 7.67. The van der Waals surface area contributed by atoms with Crippen LogP contribution in [0.25, 0.3) is 27.8 Å². The minimum Gasteiger partial charge on any atom is -0.481 e. The molecular weight excluding hydrogens is 423 g/mol. The molecule has 0 aliphatic rings. The summed E-state index contributed by atoms with van der Waals surface area (Å²) in [5, 5.41) is 25.8. The van der Waals surface area contributed by atoms with Crippen LogP contribution in [0.4, 0.5) is 13.2 Å². The first-order valence-electron chi connectivity index (χ1n) is 9.71. The summed E-state index contributed by atoms with van der Waals surface area (Å²) >= 11 is 0. The van der Waals surface area contributed by atoms with Crippen molar-refractivity contribution in [3.8, 4) is 11.8 Å². The van der Waals surface area contributed by atoms with Crippen LogP contribution in [0.3, 0.4) is 0 Å². The van der Waals surface area contributed by atoms with Gasteiger partial charge in [0.1, 0.15) is 6.17 Å². The van der Waals surface area contributed by atoms with Crippen LogP contribution in [-0.4, -0.2) is 30.8 Å². The summed E-state index contributed by atoms with van der Waals surface area (Å²) < 4.78 is 44.8. The molecule has 0 aliphatic carbocycles. The lowest BCUT2D eigenvalue weighted by atomic mass is 9.82. The predicted molar refractivity (Wildman–Crippen MR) is 110 cm³/mol. The molecule has 0 radical (unpaired) electrons. The van der Waals surface area contributed by atoms with Gasteiger partial charge in [0.2, 0.25) is 0 Å². The molecule has 164 valence electrons. The summed E-state index contributed by atoms with van der Waals surface area (Å²) in [4.78, 5) is 15.8. The van der Waals surface area contributed by atoms with E-state index in [1.165, 1.54) is 16.8 Å². The number of aromatic amines is 1. The summed E-state index contributed by atoms with van der Waals surface area (Å²) in [6.07, 6.45) is -1.31. The first-order chi connectivity index (χ1) is 15.1. The zero-order chi connectivity index (χ0) is 23.2. The van der Waals surface area contributed by atoms with Gasteiger partial charge in [-0.25, -0.2) is 18.2 Å². The van der Waals surface area contributed by atoms with Crippen molar-refractivity contribution in [2.45, 2.75) is 38.3 Å². The van der Waals surface area contributed by atoms with E-state index in [1.54, 1.807) is 19.9 Å². The number of carboxylic acid groups (broad SMARTS) is 1. The molecule has 10 heteroatoms. The predicted octanol–water partition coefficient (Wildman–Crippen LogP) is 4.86. The second-order valence-corrected chi connectivity index (χ2v) is 8.14. The Morgan fingerprint density at radius 3 is 2.72 bits per heavy atom. The minimum absolute atomic E-state index is 0.0103. The highest BCUT2D eigenvalue weighted by atomic mass is 19.2. The van der Waals surface area contributed by atoms with Crippen molar-refractivity contribution in [1.29, 1.82) is 5.26 Å². The number of rotatable bonds is 6. The van der Waals surface area contributed by atoms with Crippen molar-refractivity contribution < 1.29 is 23.1 Å². The zero-order valence-electron chi connectivity index (χ0n) is 17.2. The summed E-state index contributed by atoms with van der Waals surface area (Å²) in [5.74, 6) is -3.50. The van der Waals surface area contributed by atoms with Crippen LogP contribution in [0.2, 0.25) is 0 Å². The topological polar surface area (TPSA) is 108 Å². The van der Waals surface area contributed by atoms with Crippen molar-refractivity contribution in [3.63, 3.8) is 0 Å².